The van der Waals surface area contributed by atoms with Crippen molar-refractivity contribution in [1.82, 2.24) is 15.0 Å². The van der Waals surface area contributed by atoms with Gasteiger partial charge in [0.05, 0.1) is 4.92 Å². The molecule has 0 spiro atoms. The maximum atomic E-state index is 11.9. The fraction of sp³-hybridized carbons (Fsp3) is 0.500. The summed E-state index contributed by atoms with van der Waals surface area (Å²) in [5, 5.41) is 13.4. The molecule has 1 saturated heterocycles. The molecule has 0 aromatic carbocycles. The Morgan fingerprint density at radius 2 is 2.32 bits per heavy atom. The fourth-order valence-electron chi connectivity index (χ4n) is 1.85. The van der Waals surface area contributed by atoms with Crippen LogP contribution in [0.1, 0.15) is 12.8 Å². The number of hydrogen-bond donors (Lipinski definition) is 2. The standard InChI is InChI=1S/C10H14N4O4S/c15-14(16)9-3-4-10(12-7-9)19(17,18)13-6-8-2-1-5-11-8/h3-4,7-8,11,13H,1-2,5-6H2/t8-/m1/s1. The van der Waals surface area contributed by atoms with E-state index in [2.05, 4.69) is 15.0 Å². The van der Waals surface area contributed by atoms with Gasteiger partial charge in [0.1, 0.15) is 6.20 Å². The van der Waals surface area contributed by atoms with Crippen LogP contribution >= 0.6 is 0 Å². The summed E-state index contributed by atoms with van der Waals surface area (Å²) in [6, 6.07) is 2.38. The Kier molecular flexibility index (Phi) is 4.08. The van der Waals surface area contributed by atoms with Crippen molar-refractivity contribution in [2.75, 3.05) is 13.1 Å². The van der Waals surface area contributed by atoms with E-state index in [1.54, 1.807) is 0 Å². The van der Waals surface area contributed by atoms with Gasteiger partial charge in [0.15, 0.2) is 5.03 Å². The van der Waals surface area contributed by atoms with E-state index in [0.717, 1.165) is 37.7 Å². The van der Waals surface area contributed by atoms with Gasteiger partial charge in [-0.15, -0.1) is 0 Å². The van der Waals surface area contributed by atoms with Gasteiger partial charge >= 0.3 is 0 Å². The molecule has 1 aliphatic heterocycles. The van der Waals surface area contributed by atoms with Crippen LogP contribution < -0.4 is 10.0 Å². The van der Waals surface area contributed by atoms with Crippen LogP contribution in [0.3, 0.4) is 0 Å². The average Bonchev–Trinajstić information content (AvgIpc) is 2.90. The smallest absolute Gasteiger partial charge is 0.287 e. The van der Waals surface area contributed by atoms with Gasteiger partial charge in [-0.3, -0.25) is 10.1 Å². The summed E-state index contributed by atoms with van der Waals surface area (Å²) in [4.78, 5) is 13.4. The topological polar surface area (TPSA) is 114 Å². The number of nitro groups is 1. The number of sulfonamides is 1. The lowest BCUT2D eigenvalue weighted by Crippen LogP contribution is -2.37. The molecular formula is C10H14N4O4S. The van der Waals surface area contributed by atoms with Crippen LogP contribution in [0, 0.1) is 10.1 Å². The van der Waals surface area contributed by atoms with Crippen molar-refractivity contribution in [3.8, 4) is 0 Å². The predicted octanol–water partition coefficient (Wildman–Crippen LogP) is 0.0201. The molecule has 0 bridgehead atoms. The quantitative estimate of drug-likeness (QED) is 0.582. The monoisotopic (exact) mass is 286 g/mol. The SMILES string of the molecule is O=[N+]([O-])c1ccc(S(=O)(=O)NC[C@H]2CCCN2)nc1. The number of aromatic nitrogens is 1. The van der Waals surface area contributed by atoms with E-state index in [0.29, 0.717) is 6.54 Å². The van der Waals surface area contributed by atoms with Crippen LogP contribution in [-0.4, -0.2) is 37.5 Å². The zero-order chi connectivity index (χ0) is 13.9. The van der Waals surface area contributed by atoms with Gasteiger partial charge in [0.2, 0.25) is 0 Å². The molecule has 0 unspecified atom stereocenters. The van der Waals surface area contributed by atoms with E-state index >= 15 is 0 Å². The van der Waals surface area contributed by atoms with Crippen molar-refractivity contribution >= 4 is 15.7 Å². The van der Waals surface area contributed by atoms with Gasteiger partial charge in [-0.25, -0.2) is 18.1 Å². The molecule has 1 atom stereocenters. The lowest BCUT2D eigenvalue weighted by molar-refractivity contribution is -0.385. The molecule has 0 saturated carbocycles. The van der Waals surface area contributed by atoms with E-state index in [4.69, 9.17) is 0 Å². The molecule has 1 fully saturated rings. The fourth-order valence-corrected chi connectivity index (χ4v) is 2.86. The number of rotatable bonds is 5. The van der Waals surface area contributed by atoms with Crippen molar-refractivity contribution in [3.63, 3.8) is 0 Å². The molecule has 1 aliphatic rings. The van der Waals surface area contributed by atoms with Crippen LogP contribution in [0.5, 0.6) is 0 Å². The maximum Gasteiger partial charge on any atom is 0.287 e. The van der Waals surface area contributed by atoms with Gasteiger partial charge in [-0.1, -0.05) is 0 Å². The Balaban J connectivity index is 2.03. The van der Waals surface area contributed by atoms with Crippen molar-refractivity contribution in [1.29, 1.82) is 0 Å². The van der Waals surface area contributed by atoms with Gasteiger partial charge in [0.25, 0.3) is 15.7 Å². The van der Waals surface area contributed by atoms with E-state index in [1.807, 2.05) is 0 Å². The Morgan fingerprint density at radius 1 is 1.53 bits per heavy atom. The highest BCUT2D eigenvalue weighted by Gasteiger charge is 2.20. The first-order valence-corrected chi connectivity index (χ1v) is 7.31. The number of nitrogens with one attached hydrogen (secondary N) is 2. The van der Waals surface area contributed by atoms with E-state index in [-0.39, 0.29) is 16.8 Å². The highest BCUT2D eigenvalue weighted by Crippen LogP contribution is 2.12. The van der Waals surface area contributed by atoms with Crippen molar-refractivity contribution in [2.24, 2.45) is 0 Å². The zero-order valence-electron chi connectivity index (χ0n) is 10.1. The van der Waals surface area contributed by atoms with Crippen LogP contribution in [0.2, 0.25) is 0 Å². The summed E-state index contributed by atoms with van der Waals surface area (Å²) >= 11 is 0. The summed E-state index contributed by atoms with van der Waals surface area (Å²) in [6.07, 6.45) is 2.89. The average molecular weight is 286 g/mol. The van der Waals surface area contributed by atoms with Crippen LogP contribution in [0.4, 0.5) is 5.69 Å². The van der Waals surface area contributed by atoms with Crippen molar-refractivity contribution in [3.05, 3.63) is 28.4 Å². The number of pyridine rings is 1. The van der Waals surface area contributed by atoms with Gasteiger partial charge in [0, 0.05) is 18.7 Å². The molecule has 19 heavy (non-hydrogen) atoms. The second kappa shape index (κ2) is 5.59. The summed E-state index contributed by atoms with van der Waals surface area (Å²) in [7, 11) is -3.71. The van der Waals surface area contributed by atoms with Crippen LogP contribution in [0.15, 0.2) is 23.4 Å². The summed E-state index contributed by atoms with van der Waals surface area (Å²) in [6.45, 7) is 1.18. The molecule has 1 aromatic rings. The molecule has 1 aromatic heterocycles. The Labute approximate surface area is 110 Å². The molecule has 0 amide bonds. The molecule has 0 aliphatic carbocycles. The highest BCUT2D eigenvalue weighted by molar-refractivity contribution is 7.89. The highest BCUT2D eigenvalue weighted by atomic mass is 32.2. The Hall–Kier alpha value is -1.58. The van der Waals surface area contributed by atoms with E-state index < -0.39 is 14.9 Å². The van der Waals surface area contributed by atoms with Gasteiger partial charge in [-0.2, -0.15) is 0 Å². The predicted molar refractivity (Wildman–Crippen MR) is 67.1 cm³/mol. The second-order valence-corrected chi connectivity index (χ2v) is 5.97. The molecule has 104 valence electrons. The third kappa shape index (κ3) is 3.46. The third-order valence-electron chi connectivity index (χ3n) is 2.89. The molecule has 8 nitrogen and oxygen atoms in total. The number of hydrogen-bond acceptors (Lipinski definition) is 6. The van der Waals surface area contributed by atoms with Crippen molar-refractivity contribution in [2.45, 2.75) is 23.9 Å². The van der Waals surface area contributed by atoms with E-state index in [9.17, 15) is 18.5 Å². The molecular weight excluding hydrogens is 272 g/mol. The molecule has 2 rings (SSSR count). The summed E-state index contributed by atoms with van der Waals surface area (Å²) in [5.74, 6) is 0. The van der Waals surface area contributed by atoms with Gasteiger partial charge in [-0.05, 0) is 25.5 Å². The minimum absolute atomic E-state index is 0.132. The molecule has 9 heteroatoms. The second-order valence-electron chi connectivity index (χ2n) is 4.26. The lowest BCUT2D eigenvalue weighted by atomic mass is 10.2. The third-order valence-corrected chi connectivity index (χ3v) is 4.23. The van der Waals surface area contributed by atoms with E-state index in [1.165, 1.54) is 0 Å². The molecule has 2 heterocycles. The Morgan fingerprint density at radius 3 is 2.84 bits per heavy atom. The van der Waals surface area contributed by atoms with Crippen LogP contribution in [0.25, 0.3) is 0 Å². The van der Waals surface area contributed by atoms with Crippen molar-refractivity contribution < 1.29 is 13.3 Å². The first kappa shape index (κ1) is 13.8. The maximum absolute atomic E-state index is 11.9. The largest absolute Gasteiger partial charge is 0.313 e. The zero-order valence-corrected chi connectivity index (χ0v) is 10.9. The first-order chi connectivity index (χ1) is 8.99. The van der Waals surface area contributed by atoms with Crippen LogP contribution in [-0.2, 0) is 10.0 Å². The first-order valence-electron chi connectivity index (χ1n) is 5.82. The van der Waals surface area contributed by atoms with Gasteiger partial charge < -0.3 is 5.32 Å². The molecule has 2 N–H and O–H groups in total. The normalized spacial score (nSPS) is 19.5. The molecule has 0 radical (unpaired) electrons. The summed E-state index contributed by atoms with van der Waals surface area (Å²) < 4.78 is 26.2. The lowest BCUT2D eigenvalue weighted by Gasteiger charge is -2.11. The summed E-state index contributed by atoms with van der Waals surface area (Å²) in [5.41, 5.74) is -0.239. The minimum Gasteiger partial charge on any atom is -0.313 e. The Bertz CT molecular complexity index is 551. The number of nitrogens with zero attached hydrogens (tertiary/aromatic N) is 2. The minimum atomic E-state index is -3.71.